The molecule has 2 atom stereocenters. The van der Waals surface area contributed by atoms with Gasteiger partial charge in [0.1, 0.15) is 5.41 Å². The van der Waals surface area contributed by atoms with Crippen LogP contribution < -0.4 is 0 Å². The van der Waals surface area contributed by atoms with Crippen LogP contribution in [0.25, 0.3) is 0 Å². The van der Waals surface area contributed by atoms with Crippen molar-refractivity contribution in [1.29, 1.82) is 0 Å². The van der Waals surface area contributed by atoms with E-state index in [4.69, 9.17) is 9.47 Å². The van der Waals surface area contributed by atoms with Crippen LogP contribution in [0, 0.1) is 19.1 Å². The van der Waals surface area contributed by atoms with Crippen molar-refractivity contribution in [3.05, 3.63) is 35.4 Å². The average molecular weight is 575 g/mol. The van der Waals surface area contributed by atoms with Crippen molar-refractivity contribution >= 4 is 11.8 Å². The van der Waals surface area contributed by atoms with Gasteiger partial charge in [-0.3, -0.25) is 26.8 Å². The van der Waals surface area contributed by atoms with E-state index >= 15 is 0 Å². The fourth-order valence-corrected chi connectivity index (χ4v) is 3.12. The summed E-state index contributed by atoms with van der Waals surface area (Å²) in [6.07, 6.45) is 1.26. The molecule has 0 amide bonds. The molecule has 129 valence electrons. The summed E-state index contributed by atoms with van der Waals surface area (Å²) in [5, 5.41) is 0. The molecule has 0 saturated carbocycles. The van der Waals surface area contributed by atoms with Crippen LogP contribution in [0.2, 0.25) is 0 Å². The number of aryl methyl sites for hydroxylation is 1. The smallest absolute Gasteiger partial charge is 0.321 e. The van der Waals surface area contributed by atoms with Gasteiger partial charge in [0.2, 0.25) is 0 Å². The summed E-state index contributed by atoms with van der Waals surface area (Å²) in [4.78, 5) is 25.3. The van der Waals surface area contributed by atoms with Gasteiger partial charge in [0.15, 0.2) is 11.4 Å². The minimum absolute atomic E-state index is 0. The van der Waals surface area contributed by atoms with Crippen LogP contribution >= 0.6 is 0 Å². The van der Waals surface area contributed by atoms with Gasteiger partial charge in [-0.1, -0.05) is 13.8 Å². The van der Waals surface area contributed by atoms with Gasteiger partial charge in [0, 0.05) is 60.4 Å². The van der Waals surface area contributed by atoms with Crippen LogP contribution in [0.3, 0.4) is 0 Å². The number of carbonyl (C=O) groups excluding carboxylic acids is 2. The molecule has 0 N–H and O–H groups in total. The van der Waals surface area contributed by atoms with Gasteiger partial charge in [0.25, 0.3) is 0 Å². The van der Waals surface area contributed by atoms with Crippen molar-refractivity contribution in [3.8, 4) is 0 Å². The van der Waals surface area contributed by atoms with Crippen LogP contribution in [-0.2, 0) is 78.3 Å². The maximum absolute atomic E-state index is 12.9. The van der Waals surface area contributed by atoms with Gasteiger partial charge in [0.05, 0.1) is 6.61 Å². The maximum Gasteiger partial charge on any atom is 0.321 e. The molecular weight excluding hydrogens is 553 g/mol. The van der Waals surface area contributed by atoms with E-state index in [1.54, 1.807) is 19.1 Å². The minimum Gasteiger partial charge on any atom is -0.448 e. The van der Waals surface area contributed by atoms with Crippen molar-refractivity contribution in [3.63, 3.8) is 0 Å². The fourth-order valence-electron chi connectivity index (χ4n) is 3.12. The molecule has 0 aliphatic carbocycles. The Balaban J connectivity index is 0.00000128. The zero-order chi connectivity index (χ0) is 16.4. The molecule has 1 aromatic rings. The molecular formula is C18H22O4WY-2. The third-order valence-electron chi connectivity index (χ3n) is 4.26. The number of benzene rings is 1. The molecule has 2 unspecified atom stereocenters. The van der Waals surface area contributed by atoms with E-state index in [2.05, 4.69) is 12.1 Å². The molecule has 0 aromatic heterocycles. The summed E-state index contributed by atoms with van der Waals surface area (Å²) in [7, 11) is 0. The Morgan fingerprint density at radius 3 is 2.46 bits per heavy atom. The van der Waals surface area contributed by atoms with E-state index in [1.807, 2.05) is 20.8 Å². The van der Waals surface area contributed by atoms with Gasteiger partial charge >= 0.3 is 5.97 Å². The molecule has 4 nitrogen and oxygen atoms in total. The normalized spacial score (nSPS) is 28.2. The van der Waals surface area contributed by atoms with E-state index in [0.29, 0.717) is 18.6 Å². The predicted molar refractivity (Wildman–Crippen MR) is 81.4 cm³/mol. The van der Waals surface area contributed by atoms with Gasteiger partial charge in [-0.15, -0.1) is 6.92 Å². The molecule has 1 aromatic carbocycles. The van der Waals surface area contributed by atoms with Gasteiger partial charge in [-0.2, -0.15) is 0 Å². The number of ether oxygens (including phenoxy) is 2. The van der Waals surface area contributed by atoms with E-state index in [0.717, 1.165) is 12.0 Å². The summed E-state index contributed by atoms with van der Waals surface area (Å²) in [6, 6.07) is 9.23. The second-order valence-corrected chi connectivity index (χ2v) is 5.65. The Labute approximate surface area is 183 Å². The van der Waals surface area contributed by atoms with Crippen LogP contribution in [0.1, 0.15) is 44.7 Å². The minimum atomic E-state index is -1.29. The van der Waals surface area contributed by atoms with E-state index < -0.39 is 17.0 Å². The van der Waals surface area contributed by atoms with E-state index in [9.17, 15) is 9.59 Å². The van der Waals surface area contributed by atoms with Crippen LogP contribution in [0.15, 0.2) is 12.1 Å². The molecule has 2 fully saturated rings. The number of hydrogen-bond donors (Lipinski definition) is 0. The summed E-state index contributed by atoms with van der Waals surface area (Å²) < 4.78 is 10.9. The van der Waals surface area contributed by atoms with Crippen LogP contribution in [0.5, 0.6) is 0 Å². The molecule has 6 heteroatoms. The summed E-state index contributed by atoms with van der Waals surface area (Å²) in [5.41, 5.74) is -1.01. The Bertz CT molecular complexity index is 584. The summed E-state index contributed by atoms with van der Waals surface area (Å²) in [6.45, 7) is 8.23. The molecule has 2 saturated heterocycles. The number of carbonyl (C=O) groups is 2. The Kier molecular flexibility index (Phi) is 9.76. The topological polar surface area (TPSA) is 52.6 Å². The first kappa shape index (κ1) is 24.1. The molecule has 2 heterocycles. The zero-order valence-electron chi connectivity index (χ0n) is 14.6. The standard InChI is InChI=1S/C16H16O4.C2H6.W.Y/c1-11-6-3-4-7-12(11)15(2)13(17)16(20-14(15)18)8-5-9-19-10-16;1-2;;/h4,6H,5,8-10H2,1-2H3;1-2H3;;/q-2;;;. The number of ketones is 1. The van der Waals surface area contributed by atoms with E-state index in [1.165, 1.54) is 0 Å². The first-order valence-electron chi connectivity index (χ1n) is 7.76. The van der Waals surface area contributed by atoms with Gasteiger partial charge < -0.3 is 27.7 Å². The molecule has 1 spiro atoms. The maximum atomic E-state index is 12.9. The number of Topliss-reactive ketones (excluding diaryl/α,β-unsaturated/α-hetero) is 1. The monoisotopic (exact) mass is 575 g/mol. The molecule has 24 heavy (non-hydrogen) atoms. The van der Waals surface area contributed by atoms with Crippen molar-refractivity contribution in [2.75, 3.05) is 13.2 Å². The zero-order valence-corrected chi connectivity index (χ0v) is 20.4. The first-order valence-corrected chi connectivity index (χ1v) is 7.76. The molecule has 0 bridgehead atoms. The molecule has 2 aliphatic rings. The molecule has 2 aliphatic heterocycles. The third-order valence-corrected chi connectivity index (χ3v) is 4.26. The quantitative estimate of drug-likeness (QED) is 0.294. The van der Waals surface area contributed by atoms with Crippen molar-refractivity contribution in [2.45, 2.75) is 51.6 Å². The van der Waals surface area contributed by atoms with Crippen molar-refractivity contribution < 1.29 is 72.8 Å². The van der Waals surface area contributed by atoms with Gasteiger partial charge in [-0.25, -0.2) is 0 Å². The molecule has 1 radical (unpaired) electrons. The number of hydrogen-bond acceptors (Lipinski definition) is 4. The first-order chi connectivity index (χ1) is 10.5. The molecule has 3 rings (SSSR count). The Morgan fingerprint density at radius 1 is 1.25 bits per heavy atom. The van der Waals surface area contributed by atoms with Crippen molar-refractivity contribution in [1.82, 2.24) is 0 Å². The third kappa shape index (κ3) is 3.92. The Hall–Kier alpha value is 0.112. The predicted octanol–water partition coefficient (Wildman–Crippen LogP) is 2.55. The van der Waals surface area contributed by atoms with E-state index in [-0.39, 0.29) is 66.2 Å². The van der Waals surface area contributed by atoms with Crippen LogP contribution in [-0.4, -0.2) is 30.6 Å². The SMILES string of the molecule is CC.Cc1c[c-]c[c-]c1C1(C)C(=O)OC2(CCCOC2)C1=O.[W].[Y]. The van der Waals surface area contributed by atoms with Crippen LogP contribution in [0.4, 0.5) is 0 Å². The number of esters is 1. The summed E-state index contributed by atoms with van der Waals surface area (Å²) in [5.74, 6) is -0.709. The second-order valence-electron chi connectivity index (χ2n) is 5.65. The summed E-state index contributed by atoms with van der Waals surface area (Å²) >= 11 is 0. The van der Waals surface area contributed by atoms with Gasteiger partial charge in [-0.05, 0) is 19.8 Å². The largest absolute Gasteiger partial charge is 0.448 e. The number of rotatable bonds is 1. The fraction of sp³-hybridized carbons (Fsp3) is 0.556. The Morgan fingerprint density at radius 2 is 1.92 bits per heavy atom. The van der Waals surface area contributed by atoms with Crippen molar-refractivity contribution in [2.24, 2.45) is 0 Å². The second kappa shape index (κ2) is 9.71. The average Bonchev–Trinajstić information content (AvgIpc) is 2.73.